The van der Waals surface area contributed by atoms with Gasteiger partial charge in [0.05, 0.1) is 15.7 Å². The highest BCUT2D eigenvalue weighted by Gasteiger charge is 2.39. The molecule has 0 spiro atoms. The van der Waals surface area contributed by atoms with Crippen molar-refractivity contribution >= 4 is 39.7 Å². The number of aryl methyl sites for hydroxylation is 1. The lowest BCUT2D eigenvalue weighted by Gasteiger charge is -2.27. The summed E-state index contributed by atoms with van der Waals surface area (Å²) >= 11 is 9.96. The highest BCUT2D eigenvalue weighted by atomic mass is 79.9. The highest BCUT2D eigenvalue weighted by Crippen LogP contribution is 2.35. The van der Waals surface area contributed by atoms with Gasteiger partial charge in [-0.25, -0.2) is 5.43 Å². The number of hydrazone groups is 1. The SMILES string of the molecule is Cc1cccc(COc2c(Cl)cc(/C=N/NC(=O)C(O)(c3ccccc3)c3ccccc3)cc2Br)c1. The van der Waals surface area contributed by atoms with Crippen LogP contribution in [0.15, 0.2) is 107 Å². The van der Waals surface area contributed by atoms with E-state index in [1.165, 1.54) is 6.21 Å². The van der Waals surface area contributed by atoms with E-state index in [9.17, 15) is 9.90 Å². The maximum Gasteiger partial charge on any atom is 0.281 e. The minimum atomic E-state index is -1.91. The summed E-state index contributed by atoms with van der Waals surface area (Å²) in [6, 6.07) is 29.0. The number of rotatable bonds is 8. The van der Waals surface area contributed by atoms with E-state index in [4.69, 9.17) is 16.3 Å². The predicted octanol–water partition coefficient (Wildman–Crippen LogP) is 6.38. The number of carbonyl (C=O) groups excluding carboxylic acids is 1. The van der Waals surface area contributed by atoms with E-state index in [2.05, 4.69) is 32.5 Å². The molecule has 5 nitrogen and oxygen atoms in total. The van der Waals surface area contributed by atoms with Gasteiger partial charge in [-0.2, -0.15) is 5.10 Å². The van der Waals surface area contributed by atoms with Gasteiger partial charge in [0.15, 0.2) is 11.4 Å². The number of halogens is 2. The Morgan fingerprint density at radius 2 is 1.64 bits per heavy atom. The van der Waals surface area contributed by atoms with Crippen molar-refractivity contribution in [1.82, 2.24) is 5.43 Å². The van der Waals surface area contributed by atoms with Crippen LogP contribution < -0.4 is 10.2 Å². The summed E-state index contributed by atoms with van der Waals surface area (Å²) in [7, 11) is 0. The van der Waals surface area contributed by atoms with E-state index in [-0.39, 0.29) is 0 Å². The molecule has 0 unspecified atom stereocenters. The molecule has 0 aliphatic rings. The molecular formula is C29H24BrClN2O3. The summed E-state index contributed by atoms with van der Waals surface area (Å²) in [5, 5.41) is 16.0. The van der Waals surface area contributed by atoms with E-state index in [0.717, 1.165) is 11.1 Å². The largest absolute Gasteiger partial charge is 0.486 e. The van der Waals surface area contributed by atoms with Gasteiger partial charge in [0.2, 0.25) is 0 Å². The van der Waals surface area contributed by atoms with E-state index >= 15 is 0 Å². The average molecular weight is 564 g/mol. The van der Waals surface area contributed by atoms with Crippen molar-refractivity contribution in [2.75, 3.05) is 0 Å². The van der Waals surface area contributed by atoms with Gasteiger partial charge in [0, 0.05) is 0 Å². The Kier molecular flexibility index (Phi) is 8.21. The minimum absolute atomic E-state index is 0.376. The summed E-state index contributed by atoms with van der Waals surface area (Å²) in [5.41, 5.74) is 4.25. The molecule has 4 aromatic rings. The second-order valence-corrected chi connectivity index (χ2v) is 9.49. The first-order chi connectivity index (χ1) is 17.4. The Morgan fingerprint density at radius 1 is 1.00 bits per heavy atom. The van der Waals surface area contributed by atoms with Crippen LogP contribution in [0.25, 0.3) is 0 Å². The molecule has 0 aliphatic heterocycles. The van der Waals surface area contributed by atoms with Gasteiger partial charge in [-0.15, -0.1) is 0 Å². The van der Waals surface area contributed by atoms with Crippen LogP contribution in [0.2, 0.25) is 5.02 Å². The third-order valence-electron chi connectivity index (χ3n) is 5.58. The van der Waals surface area contributed by atoms with Gasteiger partial charge >= 0.3 is 0 Å². The number of nitrogens with zero attached hydrogens (tertiary/aromatic N) is 1. The van der Waals surface area contributed by atoms with Crippen LogP contribution in [-0.4, -0.2) is 17.2 Å². The molecule has 182 valence electrons. The molecule has 0 aliphatic carbocycles. The summed E-state index contributed by atoms with van der Waals surface area (Å²) < 4.78 is 6.58. The zero-order valence-electron chi connectivity index (χ0n) is 19.5. The monoisotopic (exact) mass is 562 g/mol. The van der Waals surface area contributed by atoms with E-state index in [0.29, 0.717) is 38.5 Å². The summed E-state index contributed by atoms with van der Waals surface area (Å²) in [4.78, 5) is 13.2. The number of hydrogen-bond acceptors (Lipinski definition) is 4. The first kappa shape index (κ1) is 25.6. The Hall–Kier alpha value is -3.45. The first-order valence-corrected chi connectivity index (χ1v) is 12.4. The second-order valence-electron chi connectivity index (χ2n) is 8.23. The molecule has 36 heavy (non-hydrogen) atoms. The number of hydrogen-bond donors (Lipinski definition) is 2. The van der Waals surface area contributed by atoms with Crippen LogP contribution in [0.5, 0.6) is 5.75 Å². The number of ether oxygens (including phenoxy) is 1. The molecule has 0 heterocycles. The quantitative estimate of drug-likeness (QED) is 0.193. The molecule has 0 saturated carbocycles. The van der Waals surface area contributed by atoms with Gasteiger partial charge in [-0.1, -0.05) is 102 Å². The number of nitrogens with one attached hydrogen (secondary N) is 1. The maximum atomic E-state index is 13.2. The maximum absolute atomic E-state index is 13.2. The third kappa shape index (κ3) is 5.85. The Labute approximate surface area is 223 Å². The van der Waals surface area contributed by atoms with Crippen LogP contribution in [0.3, 0.4) is 0 Å². The lowest BCUT2D eigenvalue weighted by atomic mass is 9.85. The zero-order valence-corrected chi connectivity index (χ0v) is 21.8. The predicted molar refractivity (Wildman–Crippen MR) is 146 cm³/mol. The lowest BCUT2D eigenvalue weighted by Crippen LogP contribution is -2.43. The van der Waals surface area contributed by atoms with Crippen LogP contribution in [0.1, 0.15) is 27.8 Å². The van der Waals surface area contributed by atoms with E-state index in [1.807, 2.05) is 37.3 Å². The molecule has 0 aromatic heterocycles. The van der Waals surface area contributed by atoms with Crippen molar-refractivity contribution in [1.29, 1.82) is 0 Å². The van der Waals surface area contributed by atoms with Crippen molar-refractivity contribution in [2.45, 2.75) is 19.1 Å². The van der Waals surface area contributed by atoms with E-state index in [1.54, 1.807) is 60.7 Å². The number of aliphatic hydroxyl groups is 1. The molecule has 0 bridgehead atoms. The first-order valence-electron chi connectivity index (χ1n) is 11.2. The number of amides is 1. The zero-order chi connectivity index (χ0) is 25.5. The van der Waals surface area contributed by atoms with Crippen LogP contribution in [0.4, 0.5) is 0 Å². The van der Waals surface area contributed by atoms with Crippen molar-refractivity contribution < 1.29 is 14.6 Å². The van der Waals surface area contributed by atoms with Gasteiger partial charge in [0.25, 0.3) is 5.91 Å². The molecule has 2 N–H and O–H groups in total. The van der Waals surface area contributed by atoms with Crippen LogP contribution in [-0.2, 0) is 17.0 Å². The molecule has 0 saturated heterocycles. The number of benzene rings is 4. The van der Waals surface area contributed by atoms with Gasteiger partial charge < -0.3 is 9.84 Å². The summed E-state index contributed by atoms with van der Waals surface area (Å²) in [6.45, 7) is 2.40. The third-order valence-corrected chi connectivity index (χ3v) is 6.45. The van der Waals surface area contributed by atoms with Crippen molar-refractivity contribution in [3.8, 4) is 5.75 Å². The Morgan fingerprint density at radius 3 is 2.22 bits per heavy atom. The molecule has 0 fully saturated rings. The van der Waals surface area contributed by atoms with Crippen LogP contribution >= 0.6 is 27.5 Å². The molecule has 7 heteroatoms. The molecular weight excluding hydrogens is 540 g/mol. The Bertz CT molecular complexity index is 1320. The van der Waals surface area contributed by atoms with Crippen molar-refractivity contribution in [2.24, 2.45) is 5.10 Å². The molecule has 4 rings (SSSR count). The fourth-order valence-electron chi connectivity index (χ4n) is 3.78. The molecule has 0 radical (unpaired) electrons. The van der Waals surface area contributed by atoms with Crippen molar-refractivity contribution in [3.63, 3.8) is 0 Å². The van der Waals surface area contributed by atoms with E-state index < -0.39 is 11.5 Å². The highest BCUT2D eigenvalue weighted by molar-refractivity contribution is 9.10. The molecule has 1 amide bonds. The normalized spacial score (nSPS) is 11.4. The Balaban J connectivity index is 1.49. The topological polar surface area (TPSA) is 70.9 Å². The van der Waals surface area contributed by atoms with Crippen LogP contribution in [0, 0.1) is 6.92 Å². The molecule has 4 aromatic carbocycles. The smallest absolute Gasteiger partial charge is 0.281 e. The standard InChI is InChI=1S/C29H24BrClN2O3/c1-20-9-8-10-21(15-20)19-36-27-25(30)16-22(17-26(27)31)18-32-33-28(34)29(35,23-11-4-2-5-12-23)24-13-6-3-7-14-24/h2-18,35H,19H2,1H3,(H,33,34)/b32-18+. The van der Waals surface area contributed by atoms with Crippen molar-refractivity contribution in [3.05, 3.63) is 134 Å². The fraction of sp³-hybridized carbons (Fsp3) is 0.103. The van der Waals surface area contributed by atoms with Gasteiger partial charge in [0.1, 0.15) is 6.61 Å². The number of carbonyl (C=O) groups is 1. The van der Waals surface area contributed by atoms with Gasteiger partial charge in [-0.3, -0.25) is 4.79 Å². The lowest BCUT2D eigenvalue weighted by molar-refractivity contribution is -0.136. The van der Waals surface area contributed by atoms with Gasteiger partial charge in [-0.05, 0) is 57.2 Å². The molecule has 0 atom stereocenters. The minimum Gasteiger partial charge on any atom is -0.486 e. The fourth-order valence-corrected chi connectivity index (χ4v) is 4.77. The summed E-state index contributed by atoms with van der Waals surface area (Å²) in [5.74, 6) is -0.165. The summed E-state index contributed by atoms with van der Waals surface area (Å²) in [6.07, 6.45) is 1.45. The second kappa shape index (κ2) is 11.5. The average Bonchev–Trinajstić information content (AvgIpc) is 2.88.